The molecule has 1 atom stereocenters. The van der Waals surface area contributed by atoms with Crippen molar-refractivity contribution in [1.29, 1.82) is 5.41 Å². The molecular formula is C20H28Cl2N6O3. The molecule has 2 aromatic rings. The molecule has 31 heavy (non-hydrogen) atoms. The highest BCUT2D eigenvalue weighted by Crippen LogP contribution is 2.22. The fourth-order valence-corrected chi connectivity index (χ4v) is 3.15. The van der Waals surface area contributed by atoms with Gasteiger partial charge in [-0.15, -0.1) is 0 Å². The van der Waals surface area contributed by atoms with Crippen LogP contribution in [-0.2, 0) is 16.0 Å². The van der Waals surface area contributed by atoms with Crippen LogP contribution in [0, 0.1) is 5.41 Å². The quantitative estimate of drug-likeness (QED) is 0.262. The first kappa shape index (κ1) is 25.1. The van der Waals surface area contributed by atoms with Gasteiger partial charge in [0.05, 0.1) is 29.4 Å². The van der Waals surface area contributed by atoms with E-state index in [0.29, 0.717) is 36.3 Å². The van der Waals surface area contributed by atoms with Crippen molar-refractivity contribution >= 4 is 41.1 Å². The molecule has 170 valence electrons. The number of hydrogen-bond donors (Lipinski definition) is 4. The van der Waals surface area contributed by atoms with E-state index in [-0.39, 0.29) is 29.0 Å². The number of halogens is 2. The van der Waals surface area contributed by atoms with Crippen molar-refractivity contribution < 1.29 is 9.47 Å². The number of H-pyrrole nitrogens is 1. The summed E-state index contributed by atoms with van der Waals surface area (Å²) in [5, 5.41) is 14.6. The summed E-state index contributed by atoms with van der Waals surface area (Å²) in [5.74, 6) is 0.252. The van der Waals surface area contributed by atoms with E-state index in [1.54, 1.807) is 19.2 Å². The Kier molecular flexibility index (Phi) is 10.2. The van der Waals surface area contributed by atoms with Crippen molar-refractivity contribution in [2.45, 2.75) is 12.6 Å². The Labute approximate surface area is 191 Å². The molecule has 1 unspecified atom stereocenters. The van der Waals surface area contributed by atoms with Crippen LogP contribution in [0.15, 0.2) is 23.0 Å². The molecule has 4 N–H and O–H groups in total. The molecule has 1 heterocycles. The second-order valence-corrected chi connectivity index (χ2v) is 7.87. The van der Waals surface area contributed by atoms with Gasteiger partial charge in [0, 0.05) is 33.0 Å². The van der Waals surface area contributed by atoms with Crippen LogP contribution in [0.1, 0.15) is 11.3 Å². The Bertz CT molecular complexity index is 922. The minimum atomic E-state index is -0.383. The highest BCUT2D eigenvalue weighted by atomic mass is 35.5. The number of hydrogen-bond acceptors (Lipinski definition) is 8. The molecule has 0 aliphatic heterocycles. The number of nitrogens with one attached hydrogen (secondary N) is 4. The van der Waals surface area contributed by atoms with Crippen molar-refractivity contribution in [3.8, 4) is 0 Å². The third kappa shape index (κ3) is 8.12. The van der Waals surface area contributed by atoms with E-state index in [1.807, 2.05) is 25.1 Å². The summed E-state index contributed by atoms with van der Waals surface area (Å²) in [4.78, 5) is 21.5. The molecule has 9 nitrogen and oxygen atoms in total. The van der Waals surface area contributed by atoms with Crippen LogP contribution in [0.5, 0.6) is 0 Å². The molecule has 0 saturated carbocycles. The average molecular weight is 471 g/mol. The maximum absolute atomic E-state index is 12.5. The number of aromatic nitrogens is 2. The predicted octanol–water partition coefficient (Wildman–Crippen LogP) is 2.69. The minimum Gasteiger partial charge on any atom is -0.382 e. The van der Waals surface area contributed by atoms with Crippen LogP contribution >= 0.6 is 23.2 Å². The van der Waals surface area contributed by atoms with Crippen molar-refractivity contribution in [3.05, 3.63) is 49.9 Å². The van der Waals surface area contributed by atoms with Crippen LogP contribution in [0.4, 0.5) is 11.6 Å². The predicted molar refractivity (Wildman–Crippen MR) is 125 cm³/mol. The third-order valence-corrected chi connectivity index (χ3v) is 4.95. The SMILES string of the molecule is COCC(CN(C)C)OCCNc1c(C=N)nc(NCc2ccc(Cl)c(Cl)c2)[nH]c1=O. The Morgan fingerprint density at radius 1 is 1.29 bits per heavy atom. The zero-order chi connectivity index (χ0) is 22.8. The fraction of sp³-hybridized carbons (Fsp3) is 0.450. The van der Waals surface area contributed by atoms with Gasteiger partial charge in [-0.05, 0) is 31.8 Å². The highest BCUT2D eigenvalue weighted by molar-refractivity contribution is 6.42. The summed E-state index contributed by atoms with van der Waals surface area (Å²) in [6, 6.07) is 5.25. The normalized spacial score (nSPS) is 12.1. The number of nitrogens with zero attached hydrogens (tertiary/aromatic N) is 2. The summed E-state index contributed by atoms with van der Waals surface area (Å²) >= 11 is 11.9. The first-order valence-electron chi connectivity index (χ1n) is 9.65. The number of benzene rings is 1. The molecule has 0 spiro atoms. The van der Waals surface area contributed by atoms with Crippen molar-refractivity contribution in [2.75, 3.05) is 58.1 Å². The molecule has 0 amide bonds. The third-order valence-electron chi connectivity index (χ3n) is 4.21. The summed E-state index contributed by atoms with van der Waals surface area (Å²) in [6.07, 6.45) is 0.955. The first-order valence-corrected chi connectivity index (χ1v) is 10.4. The van der Waals surface area contributed by atoms with E-state index in [4.69, 9.17) is 38.1 Å². The molecule has 2 rings (SSSR count). The van der Waals surface area contributed by atoms with Crippen LogP contribution in [0.3, 0.4) is 0 Å². The second-order valence-electron chi connectivity index (χ2n) is 7.06. The smallest absolute Gasteiger partial charge is 0.276 e. The Morgan fingerprint density at radius 3 is 2.71 bits per heavy atom. The topological polar surface area (TPSA) is 115 Å². The largest absolute Gasteiger partial charge is 0.382 e. The maximum Gasteiger partial charge on any atom is 0.276 e. The van der Waals surface area contributed by atoms with Crippen molar-refractivity contribution in [3.63, 3.8) is 0 Å². The fourth-order valence-electron chi connectivity index (χ4n) is 2.83. The van der Waals surface area contributed by atoms with Crippen LogP contribution < -0.4 is 16.2 Å². The number of ether oxygens (including phenoxy) is 2. The van der Waals surface area contributed by atoms with E-state index in [2.05, 4.69) is 20.6 Å². The van der Waals surface area contributed by atoms with Gasteiger partial charge in [0.15, 0.2) is 0 Å². The standard InChI is InChI=1S/C20H28Cl2N6O3/c1-28(2)11-14(12-30-3)31-7-6-24-18-17(9-23)26-20(27-19(18)29)25-10-13-4-5-15(21)16(22)8-13/h4-5,8-9,14,23-24H,6-7,10-12H2,1-3H3,(H2,25,26,27,29). The molecule has 0 aliphatic carbocycles. The van der Waals surface area contributed by atoms with E-state index in [0.717, 1.165) is 18.3 Å². The molecule has 0 saturated heterocycles. The molecule has 11 heteroatoms. The molecule has 0 radical (unpaired) electrons. The highest BCUT2D eigenvalue weighted by Gasteiger charge is 2.12. The molecular weight excluding hydrogens is 443 g/mol. The van der Waals surface area contributed by atoms with Crippen molar-refractivity contribution in [2.24, 2.45) is 0 Å². The maximum atomic E-state index is 12.5. The molecule has 1 aromatic carbocycles. The van der Waals surface area contributed by atoms with Gasteiger partial charge in [0.1, 0.15) is 11.4 Å². The number of rotatable bonds is 13. The summed E-state index contributed by atoms with van der Waals surface area (Å²) in [7, 11) is 5.55. The van der Waals surface area contributed by atoms with Gasteiger partial charge >= 0.3 is 0 Å². The zero-order valence-corrected chi connectivity index (χ0v) is 19.3. The van der Waals surface area contributed by atoms with E-state index < -0.39 is 0 Å². The Hall–Kier alpha value is -2.17. The lowest BCUT2D eigenvalue weighted by Crippen LogP contribution is -2.33. The van der Waals surface area contributed by atoms with Gasteiger partial charge < -0.3 is 30.4 Å². The zero-order valence-electron chi connectivity index (χ0n) is 17.8. The lowest BCUT2D eigenvalue weighted by Gasteiger charge is -2.21. The molecule has 0 bridgehead atoms. The summed E-state index contributed by atoms with van der Waals surface area (Å²) in [5.41, 5.74) is 0.930. The van der Waals surface area contributed by atoms with Gasteiger partial charge in [0.2, 0.25) is 5.95 Å². The minimum absolute atomic E-state index is 0.0756. The monoisotopic (exact) mass is 470 g/mol. The van der Waals surface area contributed by atoms with E-state index >= 15 is 0 Å². The summed E-state index contributed by atoms with van der Waals surface area (Å²) in [6.45, 7) is 2.34. The summed E-state index contributed by atoms with van der Waals surface area (Å²) < 4.78 is 11.0. The lowest BCUT2D eigenvalue weighted by molar-refractivity contribution is -0.00961. The second kappa shape index (κ2) is 12.6. The average Bonchev–Trinajstić information content (AvgIpc) is 2.72. The number of aromatic amines is 1. The Balaban J connectivity index is 1.96. The molecule has 0 aliphatic rings. The van der Waals surface area contributed by atoms with Crippen LogP contribution in [0.25, 0.3) is 0 Å². The van der Waals surface area contributed by atoms with Gasteiger partial charge in [0.25, 0.3) is 5.56 Å². The van der Waals surface area contributed by atoms with Crippen LogP contribution in [0.2, 0.25) is 10.0 Å². The number of methoxy groups -OCH3 is 1. The van der Waals surface area contributed by atoms with Crippen molar-refractivity contribution in [1.82, 2.24) is 14.9 Å². The molecule has 1 aromatic heterocycles. The van der Waals surface area contributed by atoms with Gasteiger partial charge in [-0.1, -0.05) is 29.3 Å². The van der Waals surface area contributed by atoms with E-state index in [1.165, 1.54) is 0 Å². The van der Waals surface area contributed by atoms with E-state index in [9.17, 15) is 4.79 Å². The van der Waals surface area contributed by atoms with Gasteiger partial charge in [-0.3, -0.25) is 9.78 Å². The number of anilines is 2. The first-order chi connectivity index (χ1) is 14.8. The molecule has 0 fully saturated rings. The lowest BCUT2D eigenvalue weighted by atomic mass is 10.2. The van der Waals surface area contributed by atoms with Crippen LogP contribution in [-0.4, -0.2) is 74.7 Å². The van der Waals surface area contributed by atoms with Gasteiger partial charge in [-0.25, -0.2) is 4.98 Å². The Morgan fingerprint density at radius 2 is 2.06 bits per heavy atom. The van der Waals surface area contributed by atoms with Gasteiger partial charge in [-0.2, -0.15) is 0 Å². The number of likely N-dealkylation sites (N-methyl/N-ethyl adjacent to an activating group) is 1.